The number of hydrogen-bond donors (Lipinski definition) is 1. The molecule has 0 saturated heterocycles. The number of nitrogens with one attached hydrogen (secondary N) is 1. The Morgan fingerprint density at radius 1 is 1.07 bits per heavy atom. The van der Waals surface area contributed by atoms with Crippen molar-refractivity contribution in [2.45, 2.75) is 53.6 Å². The SMILES string of the molecule is CCNC(=O)C(CC)N(Cc1cccc(C)c1)C(=O)COc1cccc(C)c1C. The summed E-state index contributed by atoms with van der Waals surface area (Å²) < 4.78 is 5.83. The van der Waals surface area contributed by atoms with Crippen molar-refractivity contribution < 1.29 is 14.3 Å². The van der Waals surface area contributed by atoms with E-state index in [1.807, 2.05) is 77.1 Å². The first kappa shape index (κ1) is 22.5. The Hall–Kier alpha value is -2.82. The molecule has 2 aromatic rings. The molecule has 1 N–H and O–H groups in total. The fourth-order valence-electron chi connectivity index (χ4n) is 3.32. The van der Waals surface area contributed by atoms with Gasteiger partial charge in [-0.1, -0.05) is 48.9 Å². The maximum atomic E-state index is 13.1. The molecule has 29 heavy (non-hydrogen) atoms. The van der Waals surface area contributed by atoms with Gasteiger partial charge in [0.1, 0.15) is 11.8 Å². The zero-order valence-corrected chi connectivity index (χ0v) is 18.1. The molecule has 0 spiro atoms. The van der Waals surface area contributed by atoms with Crippen LogP contribution in [0.15, 0.2) is 42.5 Å². The van der Waals surface area contributed by atoms with Gasteiger partial charge in [0.25, 0.3) is 5.91 Å². The molecule has 0 aliphatic heterocycles. The van der Waals surface area contributed by atoms with Gasteiger partial charge < -0.3 is 15.0 Å². The van der Waals surface area contributed by atoms with Gasteiger partial charge in [0.2, 0.25) is 5.91 Å². The van der Waals surface area contributed by atoms with Crippen LogP contribution in [-0.4, -0.2) is 35.9 Å². The van der Waals surface area contributed by atoms with Gasteiger partial charge in [0.05, 0.1) is 0 Å². The topological polar surface area (TPSA) is 58.6 Å². The van der Waals surface area contributed by atoms with E-state index in [2.05, 4.69) is 5.32 Å². The average molecular weight is 397 g/mol. The summed E-state index contributed by atoms with van der Waals surface area (Å²) in [6, 6.07) is 13.2. The van der Waals surface area contributed by atoms with Gasteiger partial charge in [0.15, 0.2) is 6.61 Å². The fourth-order valence-corrected chi connectivity index (χ4v) is 3.32. The van der Waals surface area contributed by atoms with E-state index >= 15 is 0 Å². The third-order valence-corrected chi connectivity index (χ3v) is 5.08. The second-order valence-electron chi connectivity index (χ2n) is 7.32. The van der Waals surface area contributed by atoms with Crippen LogP contribution in [0.2, 0.25) is 0 Å². The first-order chi connectivity index (χ1) is 13.9. The zero-order valence-electron chi connectivity index (χ0n) is 18.1. The minimum absolute atomic E-state index is 0.105. The minimum Gasteiger partial charge on any atom is -0.483 e. The van der Waals surface area contributed by atoms with Gasteiger partial charge in [-0.2, -0.15) is 0 Å². The summed E-state index contributed by atoms with van der Waals surface area (Å²) in [6.45, 7) is 10.6. The molecule has 1 atom stereocenters. The van der Waals surface area contributed by atoms with Crippen molar-refractivity contribution in [1.82, 2.24) is 10.2 Å². The normalized spacial score (nSPS) is 11.6. The van der Waals surface area contributed by atoms with Crippen LogP contribution in [0.5, 0.6) is 5.75 Å². The number of likely N-dealkylation sites (N-methyl/N-ethyl adjacent to an activating group) is 1. The highest BCUT2D eigenvalue weighted by molar-refractivity contribution is 5.88. The number of rotatable bonds is 9. The number of aryl methyl sites for hydroxylation is 2. The molecule has 2 aromatic carbocycles. The molecule has 0 fully saturated rings. The lowest BCUT2D eigenvalue weighted by atomic mass is 10.1. The molecule has 0 aliphatic carbocycles. The van der Waals surface area contributed by atoms with Crippen LogP contribution < -0.4 is 10.1 Å². The summed E-state index contributed by atoms with van der Waals surface area (Å²) >= 11 is 0. The maximum absolute atomic E-state index is 13.1. The molecule has 5 heteroatoms. The lowest BCUT2D eigenvalue weighted by Gasteiger charge is -2.30. The monoisotopic (exact) mass is 396 g/mol. The first-order valence-electron chi connectivity index (χ1n) is 10.2. The van der Waals surface area contributed by atoms with Crippen LogP contribution in [0.25, 0.3) is 0 Å². The summed E-state index contributed by atoms with van der Waals surface area (Å²) in [4.78, 5) is 27.4. The Labute approximate surface area is 174 Å². The number of hydrogen-bond acceptors (Lipinski definition) is 3. The second-order valence-corrected chi connectivity index (χ2v) is 7.32. The van der Waals surface area contributed by atoms with Crippen molar-refractivity contribution in [3.8, 4) is 5.75 Å². The molecular weight excluding hydrogens is 364 g/mol. The number of carbonyl (C=O) groups is 2. The van der Waals surface area contributed by atoms with Crippen molar-refractivity contribution in [1.29, 1.82) is 0 Å². The number of ether oxygens (including phenoxy) is 1. The highest BCUT2D eigenvalue weighted by Gasteiger charge is 2.28. The van der Waals surface area contributed by atoms with E-state index in [0.717, 1.165) is 22.3 Å². The van der Waals surface area contributed by atoms with E-state index in [9.17, 15) is 9.59 Å². The third-order valence-electron chi connectivity index (χ3n) is 5.08. The number of amides is 2. The van der Waals surface area contributed by atoms with Gasteiger partial charge in [0, 0.05) is 13.1 Å². The first-order valence-corrected chi connectivity index (χ1v) is 10.2. The van der Waals surface area contributed by atoms with Crippen LogP contribution in [0.1, 0.15) is 42.5 Å². The highest BCUT2D eigenvalue weighted by atomic mass is 16.5. The third kappa shape index (κ3) is 6.08. The van der Waals surface area contributed by atoms with E-state index in [0.29, 0.717) is 25.3 Å². The molecule has 0 aromatic heterocycles. The van der Waals surface area contributed by atoms with Crippen LogP contribution in [-0.2, 0) is 16.1 Å². The van der Waals surface area contributed by atoms with Gasteiger partial charge in [-0.25, -0.2) is 0 Å². The van der Waals surface area contributed by atoms with E-state index in [-0.39, 0.29) is 18.4 Å². The fraction of sp³-hybridized carbons (Fsp3) is 0.417. The average Bonchev–Trinajstić information content (AvgIpc) is 2.69. The van der Waals surface area contributed by atoms with Crippen molar-refractivity contribution in [2.75, 3.05) is 13.2 Å². The summed E-state index contributed by atoms with van der Waals surface area (Å²) in [7, 11) is 0. The van der Waals surface area contributed by atoms with Crippen LogP contribution in [0.4, 0.5) is 0 Å². The van der Waals surface area contributed by atoms with Crippen molar-refractivity contribution in [2.24, 2.45) is 0 Å². The Morgan fingerprint density at radius 3 is 2.45 bits per heavy atom. The molecule has 0 aliphatic rings. The summed E-state index contributed by atoms with van der Waals surface area (Å²) in [5, 5.41) is 2.85. The Balaban J connectivity index is 2.23. The van der Waals surface area contributed by atoms with Crippen LogP contribution >= 0.6 is 0 Å². The standard InChI is InChI=1S/C24H32N2O3/c1-6-21(24(28)25-7-2)26(15-20-12-8-10-17(3)14-20)23(27)16-29-22-13-9-11-18(4)19(22)5/h8-14,21H,6-7,15-16H2,1-5H3,(H,25,28). The summed E-state index contributed by atoms with van der Waals surface area (Å²) in [5.74, 6) is 0.355. The quantitative estimate of drug-likeness (QED) is 0.699. The molecule has 5 nitrogen and oxygen atoms in total. The molecular formula is C24H32N2O3. The molecule has 2 rings (SSSR count). The predicted molar refractivity (Wildman–Crippen MR) is 116 cm³/mol. The molecule has 0 heterocycles. The highest BCUT2D eigenvalue weighted by Crippen LogP contribution is 2.21. The lowest BCUT2D eigenvalue weighted by molar-refractivity contribution is -0.142. The Kier molecular flexibility index (Phi) is 8.25. The summed E-state index contributed by atoms with van der Waals surface area (Å²) in [6.07, 6.45) is 0.535. The molecule has 0 radical (unpaired) electrons. The minimum atomic E-state index is -0.537. The summed E-state index contributed by atoms with van der Waals surface area (Å²) in [5.41, 5.74) is 4.24. The van der Waals surface area contributed by atoms with Gasteiger partial charge in [-0.3, -0.25) is 9.59 Å². The largest absolute Gasteiger partial charge is 0.483 e. The number of benzene rings is 2. The number of nitrogens with zero attached hydrogens (tertiary/aromatic N) is 1. The molecule has 156 valence electrons. The second kappa shape index (κ2) is 10.6. The van der Waals surface area contributed by atoms with Crippen molar-refractivity contribution >= 4 is 11.8 Å². The van der Waals surface area contributed by atoms with E-state index in [1.54, 1.807) is 4.90 Å². The van der Waals surface area contributed by atoms with E-state index in [1.165, 1.54) is 0 Å². The molecule has 2 amide bonds. The van der Waals surface area contributed by atoms with Crippen molar-refractivity contribution in [3.05, 3.63) is 64.7 Å². The maximum Gasteiger partial charge on any atom is 0.261 e. The number of carbonyl (C=O) groups excluding carboxylic acids is 2. The lowest BCUT2D eigenvalue weighted by Crippen LogP contribution is -2.50. The molecule has 0 bridgehead atoms. The van der Waals surface area contributed by atoms with Crippen LogP contribution in [0, 0.1) is 20.8 Å². The molecule has 0 saturated carbocycles. The van der Waals surface area contributed by atoms with E-state index in [4.69, 9.17) is 4.74 Å². The smallest absolute Gasteiger partial charge is 0.261 e. The predicted octanol–water partition coefficient (Wildman–Crippen LogP) is 3.93. The Bertz CT molecular complexity index is 848. The molecule has 1 unspecified atom stereocenters. The van der Waals surface area contributed by atoms with Crippen LogP contribution in [0.3, 0.4) is 0 Å². The van der Waals surface area contributed by atoms with Gasteiger partial charge in [-0.15, -0.1) is 0 Å². The van der Waals surface area contributed by atoms with E-state index < -0.39 is 6.04 Å². The van der Waals surface area contributed by atoms with Gasteiger partial charge >= 0.3 is 0 Å². The van der Waals surface area contributed by atoms with Gasteiger partial charge in [-0.05, 0) is 56.9 Å². The zero-order chi connectivity index (χ0) is 21.4. The Morgan fingerprint density at radius 2 is 1.79 bits per heavy atom. The van der Waals surface area contributed by atoms with Crippen molar-refractivity contribution in [3.63, 3.8) is 0 Å².